The van der Waals surface area contributed by atoms with Crippen molar-refractivity contribution in [3.63, 3.8) is 0 Å². The number of nitrogens with zero attached hydrogens (tertiary/aromatic N) is 3. The Bertz CT molecular complexity index is 1470. The first-order valence-corrected chi connectivity index (χ1v) is 14.1. The second kappa shape index (κ2) is 10.8. The monoisotopic (exact) mass is 553 g/mol. The fourth-order valence-corrected chi connectivity index (χ4v) is 6.59. The highest BCUT2D eigenvalue weighted by Gasteiger charge is 2.38. The number of aliphatic hydroxyl groups is 1. The smallest absolute Gasteiger partial charge is 0.253 e. The van der Waals surface area contributed by atoms with Crippen molar-refractivity contribution >= 4 is 15.9 Å². The molecule has 11 heteroatoms. The Hall–Kier alpha value is -3.67. The van der Waals surface area contributed by atoms with E-state index in [-0.39, 0.29) is 49.0 Å². The number of hydrogen-bond donors (Lipinski definition) is 1. The van der Waals surface area contributed by atoms with E-state index in [0.717, 1.165) is 11.1 Å². The molecule has 0 aliphatic carbocycles. The van der Waals surface area contributed by atoms with Gasteiger partial charge in [-0.25, -0.2) is 8.42 Å². The number of amides is 1. The average molecular weight is 554 g/mol. The van der Waals surface area contributed by atoms with E-state index in [9.17, 15) is 18.3 Å². The molecule has 1 amide bonds. The minimum atomic E-state index is -3.98. The third-order valence-electron chi connectivity index (χ3n) is 7.08. The number of rotatable bonds is 6. The predicted octanol–water partition coefficient (Wildman–Crippen LogP) is 3.02. The normalized spacial score (nSPS) is 20.7. The first-order chi connectivity index (χ1) is 18.7. The van der Waals surface area contributed by atoms with Gasteiger partial charge < -0.3 is 24.2 Å². The Morgan fingerprint density at radius 1 is 1.13 bits per heavy atom. The maximum Gasteiger partial charge on any atom is 0.253 e. The van der Waals surface area contributed by atoms with Crippen molar-refractivity contribution in [1.29, 1.82) is 0 Å². The van der Waals surface area contributed by atoms with Crippen LogP contribution in [0.4, 0.5) is 0 Å². The van der Waals surface area contributed by atoms with Crippen LogP contribution in [0.2, 0.25) is 0 Å². The second-order valence-electron chi connectivity index (χ2n) is 9.90. The van der Waals surface area contributed by atoms with Gasteiger partial charge in [0.25, 0.3) is 5.91 Å². The van der Waals surface area contributed by atoms with E-state index < -0.39 is 22.2 Å². The molecule has 0 fully saturated rings. The van der Waals surface area contributed by atoms with E-state index in [2.05, 4.69) is 4.98 Å². The van der Waals surface area contributed by atoms with Crippen molar-refractivity contribution in [2.24, 2.45) is 5.92 Å². The van der Waals surface area contributed by atoms with Crippen molar-refractivity contribution in [1.82, 2.24) is 14.2 Å². The van der Waals surface area contributed by atoms with Crippen LogP contribution in [0.1, 0.15) is 24.2 Å². The molecule has 1 aromatic heterocycles. The van der Waals surface area contributed by atoms with Crippen LogP contribution in [0.5, 0.6) is 17.2 Å². The fourth-order valence-electron chi connectivity index (χ4n) is 4.76. The van der Waals surface area contributed by atoms with Gasteiger partial charge >= 0.3 is 0 Å². The molecule has 0 bridgehead atoms. The number of ether oxygens (including phenoxy) is 3. The molecule has 0 saturated heterocycles. The van der Waals surface area contributed by atoms with E-state index in [1.165, 1.54) is 10.4 Å². The molecule has 10 nitrogen and oxygen atoms in total. The highest BCUT2D eigenvalue weighted by Crippen LogP contribution is 2.37. The van der Waals surface area contributed by atoms with E-state index >= 15 is 0 Å². The summed E-state index contributed by atoms with van der Waals surface area (Å²) in [4.78, 5) is 19.0. The standard InChI is InChI=1S/C28H31N3O7S/c1-18-14-31(19(2)16-32)39(34,35)27-9-7-20(22-5-4-10-29-13-22)11-25(27)38-26(18)15-30(3)28(33)21-6-8-23-24(12-21)37-17-36-23/h4-13,18-19,26,32H,14-17H2,1-3H3/t18-,19+,26-/m0/s1. The summed E-state index contributed by atoms with van der Waals surface area (Å²) in [5, 5.41) is 9.87. The largest absolute Gasteiger partial charge is 0.487 e. The van der Waals surface area contributed by atoms with Gasteiger partial charge in [-0.2, -0.15) is 4.31 Å². The summed E-state index contributed by atoms with van der Waals surface area (Å²) < 4.78 is 45.9. The number of aromatic nitrogens is 1. The van der Waals surface area contributed by atoms with Crippen LogP contribution in [0.25, 0.3) is 11.1 Å². The number of benzene rings is 2. The third-order valence-corrected chi connectivity index (χ3v) is 9.10. The van der Waals surface area contributed by atoms with Gasteiger partial charge in [-0.15, -0.1) is 0 Å². The van der Waals surface area contributed by atoms with Crippen molar-refractivity contribution in [2.45, 2.75) is 30.9 Å². The highest BCUT2D eigenvalue weighted by molar-refractivity contribution is 7.89. The molecule has 0 spiro atoms. The molecule has 5 rings (SSSR count). The lowest BCUT2D eigenvalue weighted by Gasteiger charge is -2.37. The van der Waals surface area contributed by atoms with Crippen LogP contribution >= 0.6 is 0 Å². The lowest BCUT2D eigenvalue weighted by molar-refractivity contribution is 0.0563. The first kappa shape index (κ1) is 26.9. The summed E-state index contributed by atoms with van der Waals surface area (Å²) in [6.45, 7) is 3.65. The Labute approximate surface area is 227 Å². The predicted molar refractivity (Wildman–Crippen MR) is 143 cm³/mol. The molecule has 206 valence electrons. The van der Waals surface area contributed by atoms with E-state index in [4.69, 9.17) is 14.2 Å². The summed E-state index contributed by atoms with van der Waals surface area (Å²) >= 11 is 0. The summed E-state index contributed by atoms with van der Waals surface area (Å²) in [7, 11) is -2.30. The van der Waals surface area contributed by atoms with Crippen molar-refractivity contribution in [3.8, 4) is 28.4 Å². The molecule has 2 aromatic carbocycles. The number of carbonyl (C=O) groups excluding carboxylic acids is 1. The summed E-state index contributed by atoms with van der Waals surface area (Å²) in [6, 6.07) is 13.0. The van der Waals surface area contributed by atoms with E-state index in [0.29, 0.717) is 17.1 Å². The minimum absolute atomic E-state index is 0.0112. The molecule has 1 N–H and O–H groups in total. The Morgan fingerprint density at radius 2 is 1.92 bits per heavy atom. The average Bonchev–Trinajstić information content (AvgIpc) is 3.42. The number of sulfonamides is 1. The van der Waals surface area contributed by atoms with Gasteiger partial charge in [-0.3, -0.25) is 9.78 Å². The quantitative estimate of drug-likeness (QED) is 0.495. The Balaban J connectivity index is 1.49. The van der Waals surface area contributed by atoms with Gasteiger partial charge in [0.2, 0.25) is 16.8 Å². The SMILES string of the molecule is C[C@H](CO)N1C[C@H](C)[C@H](CN(C)C(=O)c2ccc3c(c2)OCO3)Oc2cc(-c3cccnc3)ccc2S1(=O)=O. The van der Waals surface area contributed by atoms with E-state index in [1.807, 2.05) is 13.0 Å². The molecule has 2 aliphatic rings. The van der Waals surface area contributed by atoms with Gasteiger partial charge in [0.15, 0.2) is 11.5 Å². The molecule has 0 radical (unpaired) electrons. The maximum absolute atomic E-state index is 13.7. The number of fused-ring (bicyclic) bond motifs is 2. The number of likely N-dealkylation sites (N-methyl/N-ethyl adjacent to an activating group) is 1. The molecular formula is C28H31N3O7S. The van der Waals surface area contributed by atoms with Gasteiger partial charge in [0, 0.05) is 49.1 Å². The van der Waals surface area contributed by atoms with Gasteiger partial charge in [0.05, 0.1) is 13.2 Å². The topological polar surface area (TPSA) is 118 Å². The molecule has 3 heterocycles. The van der Waals surface area contributed by atoms with Crippen molar-refractivity contribution in [3.05, 3.63) is 66.5 Å². The molecule has 0 unspecified atom stereocenters. The van der Waals surface area contributed by atoms with E-state index in [1.54, 1.807) is 67.7 Å². The summed E-state index contributed by atoms with van der Waals surface area (Å²) in [6.07, 6.45) is 2.81. The Morgan fingerprint density at radius 3 is 2.67 bits per heavy atom. The summed E-state index contributed by atoms with van der Waals surface area (Å²) in [5.41, 5.74) is 2.00. The van der Waals surface area contributed by atoms with Crippen LogP contribution in [-0.4, -0.2) is 79.3 Å². The molecular weight excluding hydrogens is 522 g/mol. The molecule has 3 aromatic rings. The van der Waals surface area contributed by atoms with Crippen LogP contribution in [-0.2, 0) is 10.0 Å². The zero-order valence-corrected chi connectivity index (χ0v) is 22.8. The maximum atomic E-state index is 13.7. The molecule has 39 heavy (non-hydrogen) atoms. The van der Waals surface area contributed by atoms with Crippen LogP contribution < -0.4 is 14.2 Å². The Kier molecular flexibility index (Phi) is 7.48. The highest BCUT2D eigenvalue weighted by atomic mass is 32.2. The van der Waals surface area contributed by atoms with Gasteiger partial charge in [-0.1, -0.05) is 19.1 Å². The molecule has 3 atom stereocenters. The molecule has 2 aliphatic heterocycles. The third kappa shape index (κ3) is 5.29. The van der Waals surface area contributed by atoms with Crippen molar-refractivity contribution < 1.29 is 32.5 Å². The van der Waals surface area contributed by atoms with Crippen LogP contribution in [0.15, 0.2) is 65.8 Å². The van der Waals surface area contributed by atoms with Crippen LogP contribution in [0.3, 0.4) is 0 Å². The van der Waals surface area contributed by atoms with Gasteiger partial charge in [-0.05, 0) is 48.9 Å². The van der Waals surface area contributed by atoms with Crippen LogP contribution in [0, 0.1) is 5.92 Å². The first-order valence-electron chi connectivity index (χ1n) is 12.7. The second-order valence-corrected chi connectivity index (χ2v) is 11.8. The zero-order chi connectivity index (χ0) is 27.7. The number of hydrogen-bond acceptors (Lipinski definition) is 8. The van der Waals surface area contributed by atoms with Crippen molar-refractivity contribution in [2.75, 3.05) is 33.5 Å². The lowest BCUT2D eigenvalue weighted by Crippen LogP contribution is -2.50. The zero-order valence-electron chi connectivity index (χ0n) is 22.0. The number of pyridine rings is 1. The minimum Gasteiger partial charge on any atom is -0.487 e. The van der Waals surface area contributed by atoms with Gasteiger partial charge in [0.1, 0.15) is 16.7 Å². The summed E-state index contributed by atoms with van der Waals surface area (Å²) in [5.74, 6) is 0.749. The molecule has 0 saturated carbocycles. The fraction of sp³-hybridized carbons (Fsp3) is 0.357. The number of carbonyl (C=O) groups is 1. The lowest BCUT2D eigenvalue weighted by atomic mass is 10.0. The number of aliphatic hydroxyl groups excluding tert-OH is 1.